The lowest BCUT2D eigenvalue weighted by Crippen LogP contribution is -2.30. The Morgan fingerprint density at radius 3 is 2.61 bits per heavy atom. The van der Waals surface area contributed by atoms with Crippen molar-refractivity contribution in [2.24, 2.45) is 5.92 Å². The van der Waals surface area contributed by atoms with Gasteiger partial charge in [0, 0.05) is 19.5 Å². The molecule has 0 radical (unpaired) electrons. The highest BCUT2D eigenvalue weighted by molar-refractivity contribution is 7.88. The van der Waals surface area contributed by atoms with E-state index < -0.39 is 10.0 Å². The van der Waals surface area contributed by atoms with E-state index in [9.17, 15) is 8.42 Å². The third-order valence-electron chi connectivity index (χ3n) is 3.18. The van der Waals surface area contributed by atoms with Crippen molar-refractivity contribution >= 4 is 21.6 Å². The second-order valence-electron chi connectivity index (χ2n) is 4.93. The molecule has 1 aromatic carbocycles. The van der Waals surface area contributed by atoms with Crippen molar-refractivity contribution in [3.05, 3.63) is 35.4 Å². The van der Waals surface area contributed by atoms with Crippen LogP contribution in [0, 0.1) is 5.92 Å². The molecule has 0 amide bonds. The van der Waals surface area contributed by atoms with Crippen molar-refractivity contribution in [2.45, 2.75) is 24.5 Å². The van der Waals surface area contributed by atoms with Crippen molar-refractivity contribution in [3.63, 3.8) is 0 Å². The molecular weight excluding hydrogens is 270 g/mol. The van der Waals surface area contributed by atoms with E-state index in [0.717, 1.165) is 24.0 Å². The van der Waals surface area contributed by atoms with Crippen LogP contribution >= 0.6 is 11.6 Å². The van der Waals surface area contributed by atoms with Gasteiger partial charge in [0.05, 0.1) is 5.75 Å². The number of hydrogen-bond acceptors (Lipinski definition) is 2. The molecule has 100 valence electrons. The average molecular weight is 288 g/mol. The van der Waals surface area contributed by atoms with Gasteiger partial charge >= 0.3 is 0 Å². The smallest absolute Gasteiger partial charge is 0.212 e. The zero-order valence-corrected chi connectivity index (χ0v) is 12.0. The summed E-state index contributed by atoms with van der Waals surface area (Å²) in [7, 11) is -1.54. The molecule has 0 aromatic heterocycles. The van der Waals surface area contributed by atoms with E-state index in [2.05, 4.69) is 0 Å². The van der Waals surface area contributed by atoms with Gasteiger partial charge in [-0.05, 0) is 29.9 Å². The Morgan fingerprint density at radius 2 is 2.00 bits per heavy atom. The number of rotatable bonds is 6. The number of halogens is 1. The third-order valence-corrected chi connectivity index (χ3v) is 5.29. The van der Waals surface area contributed by atoms with Gasteiger partial charge in [0.1, 0.15) is 0 Å². The Balaban J connectivity index is 2.05. The van der Waals surface area contributed by atoms with Crippen molar-refractivity contribution in [1.82, 2.24) is 4.31 Å². The zero-order valence-electron chi connectivity index (χ0n) is 10.5. The Hall–Kier alpha value is -0.580. The van der Waals surface area contributed by atoms with Crippen LogP contribution in [-0.4, -0.2) is 26.3 Å². The highest BCUT2D eigenvalue weighted by atomic mass is 35.5. The molecule has 0 aliphatic heterocycles. The summed E-state index contributed by atoms with van der Waals surface area (Å²) in [4.78, 5) is 0. The van der Waals surface area contributed by atoms with Crippen molar-refractivity contribution in [3.8, 4) is 0 Å². The van der Waals surface area contributed by atoms with E-state index >= 15 is 0 Å². The summed E-state index contributed by atoms with van der Waals surface area (Å²) in [5, 5.41) is 0. The molecule has 5 heteroatoms. The molecule has 2 rings (SSSR count). The summed E-state index contributed by atoms with van der Waals surface area (Å²) in [6, 6.07) is 7.44. The maximum absolute atomic E-state index is 12.2. The summed E-state index contributed by atoms with van der Waals surface area (Å²) in [5.41, 5.74) is 1.75. The molecular formula is C13H18ClNO2S. The van der Waals surface area contributed by atoms with Gasteiger partial charge in [-0.15, -0.1) is 11.6 Å². The molecule has 0 unspecified atom stereocenters. The Labute approximate surface area is 114 Å². The predicted molar refractivity (Wildman–Crippen MR) is 74.0 cm³/mol. The van der Waals surface area contributed by atoms with Crippen LogP contribution in [0.15, 0.2) is 24.3 Å². The lowest BCUT2D eigenvalue weighted by molar-refractivity contribution is 0.452. The number of nitrogens with zero attached hydrogens (tertiary/aromatic N) is 1. The van der Waals surface area contributed by atoms with Crippen LogP contribution in [0.25, 0.3) is 0 Å². The molecule has 0 N–H and O–H groups in total. The normalized spacial score (nSPS) is 16.2. The molecule has 18 heavy (non-hydrogen) atoms. The Bertz CT molecular complexity index is 511. The first-order chi connectivity index (χ1) is 8.51. The second kappa shape index (κ2) is 5.59. The Kier molecular flexibility index (Phi) is 4.30. The highest BCUT2D eigenvalue weighted by Gasteiger charge is 2.28. The molecule has 0 atom stereocenters. The van der Waals surface area contributed by atoms with Gasteiger partial charge in [-0.1, -0.05) is 24.3 Å². The second-order valence-corrected chi connectivity index (χ2v) is 7.28. The molecule has 0 spiro atoms. The van der Waals surface area contributed by atoms with Gasteiger partial charge in [0.15, 0.2) is 0 Å². The lowest BCUT2D eigenvalue weighted by Gasteiger charge is -2.17. The Morgan fingerprint density at radius 1 is 1.33 bits per heavy atom. The van der Waals surface area contributed by atoms with Crippen LogP contribution in [0.3, 0.4) is 0 Å². The van der Waals surface area contributed by atoms with Crippen molar-refractivity contribution in [2.75, 3.05) is 13.6 Å². The lowest BCUT2D eigenvalue weighted by atomic mass is 10.2. The maximum Gasteiger partial charge on any atom is 0.218 e. The molecule has 1 aromatic rings. The standard InChI is InChI=1S/C13H18ClNO2S/c1-15(9-11-5-6-11)18(16,17)10-13-4-2-3-12(7-13)8-14/h2-4,7,11H,5-6,8-10H2,1H3. The van der Waals surface area contributed by atoms with Gasteiger partial charge in [-0.2, -0.15) is 0 Å². The van der Waals surface area contributed by atoms with E-state index in [1.807, 2.05) is 24.3 Å². The molecule has 0 heterocycles. The van der Waals surface area contributed by atoms with E-state index in [1.54, 1.807) is 7.05 Å². The first kappa shape index (κ1) is 13.8. The van der Waals surface area contributed by atoms with Gasteiger partial charge in [0.2, 0.25) is 10.0 Å². The minimum Gasteiger partial charge on any atom is -0.212 e. The van der Waals surface area contributed by atoms with E-state index in [4.69, 9.17) is 11.6 Å². The van der Waals surface area contributed by atoms with Crippen LogP contribution in [0.4, 0.5) is 0 Å². The monoisotopic (exact) mass is 287 g/mol. The van der Waals surface area contributed by atoms with Crippen molar-refractivity contribution in [1.29, 1.82) is 0 Å². The third kappa shape index (κ3) is 3.70. The summed E-state index contributed by atoms with van der Waals surface area (Å²) >= 11 is 5.75. The largest absolute Gasteiger partial charge is 0.218 e. The fraction of sp³-hybridized carbons (Fsp3) is 0.538. The predicted octanol–water partition coefficient (Wildman–Crippen LogP) is 2.60. The van der Waals surface area contributed by atoms with Crippen LogP contribution in [0.2, 0.25) is 0 Å². The quantitative estimate of drug-likeness (QED) is 0.754. The van der Waals surface area contributed by atoms with Crippen LogP contribution in [0.1, 0.15) is 24.0 Å². The van der Waals surface area contributed by atoms with Crippen LogP contribution in [0.5, 0.6) is 0 Å². The maximum atomic E-state index is 12.2. The number of benzene rings is 1. The fourth-order valence-electron chi connectivity index (χ4n) is 1.90. The van der Waals surface area contributed by atoms with E-state index in [0.29, 0.717) is 18.3 Å². The van der Waals surface area contributed by atoms with Gasteiger partial charge in [-0.3, -0.25) is 0 Å². The van der Waals surface area contributed by atoms with Crippen molar-refractivity contribution < 1.29 is 8.42 Å². The first-order valence-electron chi connectivity index (χ1n) is 6.09. The molecule has 1 fully saturated rings. The summed E-state index contributed by atoms with van der Waals surface area (Å²) < 4.78 is 25.8. The summed E-state index contributed by atoms with van der Waals surface area (Å²) in [6.45, 7) is 0.650. The molecule has 1 saturated carbocycles. The topological polar surface area (TPSA) is 37.4 Å². The fourth-order valence-corrected chi connectivity index (χ4v) is 3.33. The van der Waals surface area contributed by atoms with E-state index in [1.165, 1.54) is 4.31 Å². The number of alkyl halides is 1. The van der Waals surface area contributed by atoms with Crippen LogP contribution < -0.4 is 0 Å². The minimum absolute atomic E-state index is 0.0565. The molecule has 1 aliphatic rings. The molecule has 0 bridgehead atoms. The highest BCUT2D eigenvalue weighted by Crippen LogP contribution is 2.30. The summed E-state index contributed by atoms with van der Waals surface area (Å²) in [5.74, 6) is 1.03. The average Bonchev–Trinajstić information content (AvgIpc) is 3.12. The zero-order chi connectivity index (χ0) is 13.2. The minimum atomic E-state index is -3.20. The molecule has 3 nitrogen and oxygen atoms in total. The van der Waals surface area contributed by atoms with Gasteiger partial charge < -0.3 is 0 Å². The summed E-state index contributed by atoms with van der Waals surface area (Å²) in [6.07, 6.45) is 2.31. The van der Waals surface area contributed by atoms with Crippen LogP contribution in [-0.2, 0) is 21.7 Å². The molecule has 1 aliphatic carbocycles. The number of sulfonamides is 1. The SMILES string of the molecule is CN(CC1CC1)S(=O)(=O)Cc1cccc(CCl)c1. The van der Waals surface area contributed by atoms with Gasteiger partial charge in [-0.25, -0.2) is 12.7 Å². The van der Waals surface area contributed by atoms with Gasteiger partial charge in [0.25, 0.3) is 0 Å². The number of hydrogen-bond donors (Lipinski definition) is 0. The molecule has 0 saturated heterocycles. The first-order valence-corrected chi connectivity index (χ1v) is 8.23. The van der Waals surface area contributed by atoms with E-state index in [-0.39, 0.29) is 5.75 Å².